The van der Waals surface area contributed by atoms with E-state index in [1.165, 1.54) is 12.1 Å². The van der Waals surface area contributed by atoms with Gasteiger partial charge in [-0.25, -0.2) is 0 Å². The van der Waals surface area contributed by atoms with E-state index in [2.05, 4.69) is 38.3 Å². The quantitative estimate of drug-likeness (QED) is 0.757. The fourth-order valence-corrected chi connectivity index (χ4v) is 4.08. The van der Waals surface area contributed by atoms with Crippen LogP contribution in [-0.2, 0) is 4.79 Å². The van der Waals surface area contributed by atoms with Gasteiger partial charge in [0.2, 0.25) is 5.91 Å². The molecule has 24 heavy (non-hydrogen) atoms. The molecule has 1 unspecified atom stereocenters. The van der Waals surface area contributed by atoms with Gasteiger partial charge in [-0.1, -0.05) is 31.4 Å². The number of benzene rings is 1. The van der Waals surface area contributed by atoms with E-state index >= 15 is 0 Å². The molecule has 1 amide bonds. The Morgan fingerprint density at radius 2 is 1.88 bits per heavy atom. The largest absolute Gasteiger partial charge is 0.368 e. The van der Waals surface area contributed by atoms with E-state index in [1.807, 2.05) is 12.1 Å². The van der Waals surface area contributed by atoms with Crippen molar-refractivity contribution in [2.24, 2.45) is 5.73 Å². The van der Waals surface area contributed by atoms with E-state index in [-0.39, 0.29) is 36.8 Å². The standard InChI is InChI=1S/C17H24BrN3O.2ClH/c18-14-6-2-3-7-15(14)21-11-8-13(12-21)20-16(22)17(19)9-4-1-5-10-17;;/h2-3,6-7,13H,1,4-5,8-12,19H2,(H,20,22);2*1H. The molecule has 1 aliphatic heterocycles. The first-order valence-electron chi connectivity index (χ1n) is 8.18. The monoisotopic (exact) mass is 437 g/mol. The molecule has 4 nitrogen and oxygen atoms in total. The summed E-state index contributed by atoms with van der Waals surface area (Å²) in [5.41, 5.74) is 6.87. The van der Waals surface area contributed by atoms with E-state index in [0.717, 1.165) is 49.7 Å². The van der Waals surface area contributed by atoms with Crippen molar-refractivity contribution in [2.45, 2.75) is 50.1 Å². The fourth-order valence-electron chi connectivity index (χ4n) is 3.54. The predicted octanol–water partition coefficient (Wildman–Crippen LogP) is 3.65. The first kappa shape index (κ1) is 21.6. The van der Waals surface area contributed by atoms with Crippen molar-refractivity contribution in [1.82, 2.24) is 5.32 Å². The molecular weight excluding hydrogens is 413 g/mol. The highest BCUT2D eigenvalue weighted by atomic mass is 79.9. The molecule has 1 saturated carbocycles. The van der Waals surface area contributed by atoms with Gasteiger partial charge in [0.25, 0.3) is 0 Å². The van der Waals surface area contributed by atoms with Crippen LogP contribution in [0.5, 0.6) is 0 Å². The number of rotatable bonds is 3. The van der Waals surface area contributed by atoms with E-state index in [9.17, 15) is 4.79 Å². The lowest BCUT2D eigenvalue weighted by Gasteiger charge is -2.33. The van der Waals surface area contributed by atoms with Gasteiger partial charge in [0.1, 0.15) is 0 Å². The van der Waals surface area contributed by atoms with Gasteiger partial charge >= 0.3 is 0 Å². The van der Waals surface area contributed by atoms with Gasteiger partial charge in [-0.05, 0) is 47.3 Å². The zero-order valence-corrected chi connectivity index (χ0v) is 16.9. The second-order valence-corrected chi connectivity index (χ2v) is 7.43. The minimum absolute atomic E-state index is 0. The molecular formula is C17H26BrCl2N3O. The summed E-state index contributed by atoms with van der Waals surface area (Å²) in [4.78, 5) is 14.8. The summed E-state index contributed by atoms with van der Waals surface area (Å²) >= 11 is 3.60. The lowest BCUT2D eigenvalue weighted by molar-refractivity contribution is -0.128. The Hall–Kier alpha value is -0.490. The highest BCUT2D eigenvalue weighted by molar-refractivity contribution is 9.10. The lowest BCUT2D eigenvalue weighted by Crippen LogP contribution is -2.57. The van der Waals surface area contributed by atoms with Crippen LogP contribution in [0, 0.1) is 0 Å². The number of nitrogens with one attached hydrogen (secondary N) is 1. The predicted molar refractivity (Wildman–Crippen MR) is 107 cm³/mol. The molecule has 0 bridgehead atoms. The van der Waals surface area contributed by atoms with Crippen LogP contribution in [0.4, 0.5) is 5.69 Å². The number of carbonyl (C=O) groups is 1. The topological polar surface area (TPSA) is 58.4 Å². The van der Waals surface area contributed by atoms with E-state index in [4.69, 9.17) is 5.73 Å². The highest BCUT2D eigenvalue weighted by Crippen LogP contribution is 2.30. The summed E-state index contributed by atoms with van der Waals surface area (Å²) < 4.78 is 1.10. The molecule has 2 fully saturated rings. The highest BCUT2D eigenvalue weighted by Gasteiger charge is 2.37. The number of carbonyl (C=O) groups excluding carboxylic acids is 1. The summed E-state index contributed by atoms with van der Waals surface area (Å²) in [6, 6.07) is 8.42. The van der Waals surface area contributed by atoms with Crippen molar-refractivity contribution < 1.29 is 4.79 Å². The molecule has 1 saturated heterocycles. The third-order valence-corrected chi connectivity index (χ3v) is 5.59. The van der Waals surface area contributed by atoms with Crippen molar-refractivity contribution in [3.63, 3.8) is 0 Å². The van der Waals surface area contributed by atoms with Gasteiger partial charge in [0, 0.05) is 23.6 Å². The molecule has 0 spiro atoms. The van der Waals surface area contributed by atoms with Crippen LogP contribution in [0.3, 0.4) is 0 Å². The normalized spacial score (nSPS) is 22.2. The number of para-hydroxylation sites is 1. The molecule has 1 atom stereocenters. The van der Waals surface area contributed by atoms with Crippen LogP contribution >= 0.6 is 40.7 Å². The number of hydrogen-bond donors (Lipinski definition) is 2. The summed E-state index contributed by atoms with van der Waals surface area (Å²) in [6.07, 6.45) is 5.95. The average Bonchev–Trinajstić information content (AvgIpc) is 2.97. The number of nitrogens with zero attached hydrogens (tertiary/aromatic N) is 1. The van der Waals surface area contributed by atoms with Gasteiger partial charge in [0.05, 0.1) is 11.2 Å². The van der Waals surface area contributed by atoms with Crippen molar-refractivity contribution >= 4 is 52.3 Å². The zero-order chi connectivity index (χ0) is 15.6. The molecule has 0 radical (unpaired) electrons. The average molecular weight is 439 g/mol. The number of halogens is 3. The summed E-state index contributed by atoms with van der Waals surface area (Å²) in [5.74, 6) is 0.0474. The van der Waals surface area contributed by atoms with Crippen molar-refractivity contribution in [3.05, 3.63) is 28.7 Å². The Labute approximate surface area is 164 Å². The Kier molecular flexibility index (Phi) is 8.33. The van der Waals surface area contributed by atoms with Gasteiger partial charge in [-0.2, -0.15) is 0 Å². The van der Waals surface area contributed by atoms with Crippen molar-refractivity contribution in [3.8, 4) is 0 Å². The molecule has 1 aromatic rings. The second-order valence-electron chi connectivity index (χ2n) is 6.57. The lowest BCUT2D eigenvalue weighted by atomic mass is 9.82. The molecule has 1 heterocycles. The summed E-state index contributed by atoms with van der Waals surface area (Å²) in [5, 5.41) is 3.19. The van der Waals surface area contributed by atoms with Gasteiger partial charge in [-0.15, -0.1) is 24.8 Å². The Morgan fingerprint density at radius 1 is 1.21 bits per heavy atom. The fraction of sp³-hybridized carbons (Fsp3) is 0.588. The van der Waals surface area contributed by atoms with Crippen molar-refractivity contribution in [1.29, 1.82) is 0 Å². The van der Waals surface area contributed by atoms with Gasteiger partial charge in [0.15, 0.2) is 0 Å². The second kappa shape index (κ2) is 9.27. The molecule has 2 aliphatic rings. The maximum absolute atomic E-state index is 12.5. The number of hydrogen-bond acceptors (Lipinski definition) is 3. The van der Waals surface area contributed by atoms with Crippen LogP contribution in [-0.4, -0.2) is 30.6 Å². The molecule has 0 aromatic heterocycles. The van der Waals surface area contributed by atoms with Crippen LogP contribution in [0.2, 0.25) is 0 Å². The van der Waals surface area contributed by atoms with Gasteiger partial charge in [-0.3, -0.25) is 4.79 Å². The zero-order valence-electron chi connectivity index (χ0n) is 13.7. The van der Waals surface area contributed by atoms with Crippen LogP contribution in [0.15, 0.2) is 28.7 Å². The third-order valence-electron chi connectivity index (χ3n) is 4.91. The number of amides is 1. The van der Waals surface area contributed by atoms with E-state index in [1.54, 1.807) is 0 Å². The van der Waals surface area contributed by atoms with Crippen molar-refractivity contribution in [2.75, 3.05) is 18.0 Å². The molecule has 7 heteroatoms. The maximum atomic E-state index is 12.5. The Morgan fingerprint density at radius 3 is 2.54 bits per heavy atom. The SMILES string of the molecule is Cl.Cl.NC1(C(=O)NC2CCN(c3ccccc3Br)C2)CCCCC1. The number of nitrogens with two attached hydrogens (primary N) is 1. The van der Waals surface area contributed by atoms with E-state index < -0.39 is 5.54 Å². The Bertz CT molecular complexity index is 552. The maximum Gasteiger partial charge on any atom is 0.240 e. The summed E-state index contributed by atoms with van der Waals surface area (Å²) in [7, 11) is 0. The minimum Gasteiger partial charge on any atom is -0.368 e. The minimum atomic E-state index is -0.640. The molecule has 1 aromatic carbocycles. The van der Waals surface area contributed by atoms with E-state index in [0.29, 0.717) is 0 Å². The van der Waals surface area contributed by atoms with Crippen LogP contribution in [0.1, 0.15) is 38.5 Å². The molecule has 136 valence electrons. The Balaban J connectivity index is 0.00000144. The van der Waals surface area contributed by atoms with Crippen LogP contribution < -0.4 is 16.0 Å². The molecule has 3 rings (SSSR count). The number of anilines is 1. The van der Waals surface area contributed by atoms with Gasteiger partial charge < -0.3 is 16.0 Å². The third kappa shape index (κ3) is 4.78. The molecule has 1 aliphatic carbocycles. The molecule has 3 N–H and O–H groups in total. The summed E-state index contributed by atoms with van der Waals surface area (Å²) in [6.45, 7) is 1.82. The van der Waals surface area contributed by atoms with Crippen LogP contribution in [0.25, 0.3) is 0 Å². The first-order chi connectivity index (χ1) is 10.6. The smallest absolute Gasteiger partial charge is 0.240 e. The first-order valence-corrected chi connectivity index (χ1v) is 8.97.